The molecular formula is C15H13BrN2. The number of hydrogen-bond acceptors (Lipinski definition) is 1. The molecule has 3 heteroatoms. The predicted octanol–water partition coefficient (Wildman–Crippen LogP) is 4.38. The quantitative estimate of drug-likeness (QED) is 0.652. The van der Waals surface area contributed by atoms with Crippen LogP contribution < -0.4 is 0 Å². The Labute approximate surface area is 114 Å². The van der Waals surface area contributed by atoms with Crippen molar-refractivity contribution in [2.24, 2.45) is 0 Å². The number of fused-ring (bicyclic) bond motifs is 1. The minimum absolute atomic E-state index is 1.00. The number of rotatable bonds is 1. The molecule has 0 fully saturated rings. The van der Waals surface area contributed by atoms with Gasteiger partial charge in [0.25, 0.3) is 0 Å². The molecule has 0 N–H and O–H groups in total. The van der Waals surface area contributed by atoms with Gasteiger partial charge in [-0.15, -0.1) is 0 Å². The highest BCUT2D eigenvalue weighted by atomic mass is 79.9. The van der Waals surface area contributed by atoms with Gasteiger partial charge in [0.1, 0.15) is 5.65 Å². The zero-order valence-corrected chi connectivity index (χ0v) is 11.9. The van der Waals surface area contributed by atoms with Crippen LogP contribution in [0.5, 0.6) is 0 Å². The lowest BCUT2D eigenvalue weighted by Crippen LogP contribution is -1.92. The number of nitrogens with zero attached hydrogens (tertiary/aromatic N) is 2. The Bertz CT molecular complexity index is 728. The molecular weight excluding hydrogens is 288 g/mol. The topological polar surface area (TPSA) is 17.3 Å². The molecule has 0 bridgehead atoms. The summed E-state index contributed by atoms with van der Waals surface area (Å²) in [6.45, 7) is 4.22. The number of imidazole rings is 1. The molecule has 0 saturated carbocycles. The maximum Gasteiger partial charge on any atom is 0.137 e. The van der Waals surface area contributed by atoms with Gasteiger partial charge >= 0.3 is 0 Å². The van der Waals surface area contributed by atoms with Crippen LogP contribution in [0.25, 0.3) is 16.9 Å². The third-order valence-electron chi connectivity index (χ3n) is 3.17. The average molecular weight is 301 g/mol. The fourth-order valence-electron chi connectivity index (χ4n) is 2.34. The van der Waals surface area contributed by atoms with Crippen LogP contribution in [0.4, 0.5) is 0 Å². The van der Waals surface area contributed by atoms with Crippen LogP contribution in [-0.2, 0) is 0 Å². The van der Waals surface area contributed by atoms with Gasteiger partial charge in [-0.25, -0.2) is 4.98 Å². The van der Waals surface area contributed by atoms with Crippen molar-refractivity contribution in [2.45, 2.75) is 13.8 Å². The van der Waals surface area contributed by atoms with Gasteiger partial charge in [0.05, 0.1) is 5.69 Å². The van der Waals surface area contributed by atoms with Crippen molar-refractivity contribution in [2.75, 3.05) is 0 Å². The lowest BCUT2D eigenvalue weighted by atomic mass is 10.1. The summed E-state index contributed by atoms with van der Waals surface area (Å²) in [5.41, 5.74) is 5.58. The maximum absolute atomic E-state index is 4.73. The van der Waals surface area contributed by atoms with Crippen LogP contribution in [0.1, 0.15) is 11.4 Å². The third-order valence-corrected chi connectivity index (χ3v) is 3.66. The van der Waals surface area contributed by atoms with E-state index in [-0.39, 0.29) is 0 Å². The Kier molecular flexibility index (Phi) is 2.71. The lowest BCUT2D eigenvalue weighted by Gasteiger charge is -2.02. The van der Waals surface area contributed by atoms with E-state index in [0.717, 1.165) is 21.4 Å². The second-order valence-corrected chi connectivity index (χ2v) is 5.33. The zero-order chi connectivity index (χ0) is 12.7. The van der Waals surface area contributed by atoms with E-state index in [4.69, 9.17) is 4.98 Å². The molecule has 0 aliphatic heterocycles. The Balaban J connectivity index is 2.31. The van der Waals surface area contributed by atoms with E-state index in [2.05, 4.69) is 52.4 Å². The van der Waals surface area contributed by atoms with Gasteiger partial charge in [-0.2, -0.15) is 0 Å². The molecule has 3 rings (SSSR count). The summed E-state index contributed by atoms with van der Waals surface area (Å²) in [6, 6.07) is 14.4. The Hall–Kier alpha value is -1.61. The Morgan fingerprint density at radius 2 is 1.83 bits per heavy atom. The van der Waals surface area contributed by atoms with Crippen molar-refractivity contribution in [1.29, 1.82) is 0 Å². The van der Waals surface area contributed by atoms with Gasteiger partial charge < -0.3 is 4.40 Å². The standard InChI is InChI=1S/C15H13BrN2/c1-10-5-3-8-14-17-15(11(2)18(10)14)12-6-4-7-13(16)9-12/h3-9H,1-2H3. The van der Waals surface area contributed by atoms with E-state index in [1.165, 1.54) is 11.4 Å². The minimum Gasteiger partial charge on any atom is -0.301 e. The molecule has 90 valence electrons. The second-order valence-electron chi connectivity index (χ2n) is 4.42. The maximum atomic E-state index is 4.73. The van der Waals surface area contributed by atoms with E-state index in [1.54, 1.807) is 0 Å². The van der Waals surface area contributed by atoms with Gasteiger partial charge in [0.2, 0.25) is 0 Å². The summed E-state index contributed by atoms with van der Waals surface area (Å²) in [6.07, 6.45) is 0. The van der Waals surface area contributed by atoms with E-state index in [9.17, 15) is 0 Å². The molecule has 0 amide bonds. The van der Waals surface area contributed by atoms with Crippen LogP contribution in [-0.4, -0.2) is 9.38 Å². The molecule has 2 nitrogen and oxygen atoms in total. The first-order chi connectivity index (χ1) is 8.66. The minimum atomic E-state index is 1.00. The summed E-state index contributed by atoms with van der Waals surface area (Å²) >= 11 is 3.51. The summed E-state index contributed by atoms with van der Waals surface area (Å²) in [5, 5.41) is 0. The van der Waals surface area contributed by atoms with Crippen molar-refractivity contribution >= 4 is 21.6 Å². The monoisotopic (exact) mass is 300 g/mol. The number of pyridine rings is 1. The van der Waals surface area contributed by atoms with E-state index in [1.807, 2.05) is 24.3 Å². The molecule has 0 unspecified atom stereocenters. The zero-order valence-electron chi connectivity index (χ0n) is 10.3. The molecule has 18 heavy (non-hydrogen) atoms. The van der Waals surface area contributed by atoms with Crippen LogP contribution in [0.3, 0.4) is 0 Å². The molecule has 1 aromatic carbocycles. The molecule has 0 atom stereocenters. The molecule has 2 aromatic heterocycles. The highest BCUT2D eigenvalue weighted by molar-refractivity contribution is 9.10. The summed E-state index contributed by atoms with van der Waals surface area (Å²) in [7, 11) is 0. The Morgan fingerprint density at radius 3 is 2.56 bits per heavy atom. The number of aryl methyl sites for hydroxylation is 2. The molecule has 0 aliphatic rings. The smallest absolute Gasteiger partial charge is 0.137 e. The fraction of sp³-hybridized carbons (Fsp3) is 0.133. The third kappa shape index (κ3) is 1.75. The van der Waals surface area contributed by atoms with E-state index >= 15 is 0 Å². The van der Waals surface area contributed by atoms with Crippen molar-refractivity contribution in [3.8, 4) is 11.3 Å². The normalized spacial score (nSPS) is 11.1. The molecule has 3 aromatic rings. The van der Waals surface area contributed by atoms with Crippen molar-refractivity contribution in [3.63, 3.8) is 0 Å². The van der Waals surface area contributed by atoms with Crippen molar-refractivity contribution < 1.29 is 0 Å². The summed E-state index contributed by atoms with van der Waals surface area (Å²) in [5.74, 6) is 0. The van der Waals surface area contributed by atoms with Crippen LogP contribution >= 0.6 is 15.9 Å². The average Bonchev–Trinajstić information content (AvgIpc) is 2.68. The fourth-order valence-corrected chi connectivity index (χ4v) is 2.74. The first kappa shape index (κ1) is 11.5. The van der Waals surface area contributed by atoms with Crippen LogP contribution in [0.15, 0.2) is 46.9 Å². The van der Waals surface area contributed by atoms with Gasteiger partial charge in [-0.05, 0) is 38.1 Å². The number of halogens is 1. The molecule has 0 spiro atoms. The molecule has 0 saturated heterocycles. The number of hydrogen-bond donors (Lipinski definition) is 0. The first-order valence-electron chi connectivity index (χ1n) is 5.87. The van der Waals surface area contributed by atoms with E-state index < -0.39 is 0 Å². The van der Waals surface area contributed by atoms with Crippen molar-refractivity contribution in [3.05, 3.63) is 58.3 Å². The van der Waals surface area contributed by atoms with Crippen LogP contribution in [0.2, 0.25) is 0 Å². The van der Waals surface area contributed by atoms with Gasteiger partial charge in [-0.1, -0.05) is 34.1 Å². The van der Waals surface area contributed by atoms with E-state index in [0.29, 0.717) is 0 Å². The number of aromatic nitrogens is 2. The second kappa shape index (κ2) is 4.25. The largest absolute Gasteiger partial charge is 0.301 e. The lowest BCUT2D eigenvalue weighted by molar-refractivity contribution is 1.04. The number of benzene rings is 1. The predicted molar refractivity (Wildman–Crippen MR) is 77.8 cm³/mol. The Morgan fingerprint density at radius 1 is 1.06 bits per heavy atom. The van der Waals surface area contributed by atoms with Gasteiger partial charge in [-0.3, -0.25) is 0 Å². The van der Waals surface area contributed by atoms with Crippen LogP contribution in [0, 0.1) is 13.8 Å². The first-order valence-corrected chi connectivity index (χ1v) is 6.67. The van der Waals surface area contributed by atoms with Gasteiger partial charge in [0, 0.05) is 21.4 Å². The SMILES string of the molecule is Cc1cccc2nc(-c3cccc(Br)c3)c(C)n12. The highest BCUT2D eigenvalue weighted by Crippen LogP contribution is 2.26. The summed E-state index contributed by atoms with van der Waals surface area (Å²) < 4.78 is 3.27. The summed E-state index contributed by atoms with van der Waals surface area (Å²) in [4.78, 5) is 4.73. The molecule has 0 radical (unpaired) electrons. The van der Waals surface area contributed by atoms with Crippen molar-refractivity contribution in [1.82, 2.24) is 9.38 Å². The van der Waals surface area contributed by atoms with Gasteiger partial charge in [0.15, 0.2) is 0 Å². The molecule has 0 aliphatic carbocycles. The highest BCUT2D eigenvalue weighted by Gasteiger charge is 2.11. The molecule has 2 heterocycles.